The Kier molecular flexibility index (Phi) is 2.26. The Balaban J connectivity index is 1.92. The quantitative estimate of drug-likeness (QED) is 0.724. The highest BCUT2D eigenvalue weighted by molar-refractivity contribution is 7.10. The number of hydrogen-bond donors (Lipinski definition) is 0. The number of nitrogens with zero attached hydrogens (tertiary/aromatic N) is 1. The number of para-hydroxylation sites is 1. The fourth-order valence-corrected chi connectivity index (χ4v) is 2.85. The number of hydrogen-bond acceptors (Lipinski definition) is 2. The summed E-state index contributed by atoms with van der Waals surface area (Å²) < 4.78 is 0. The van der Waals surface area contributed by atoms with E-state index in [0.717, 1.165) is 5.69 Å². The minimum absolute atomic E-state index is 0.213. The zero-order chi connectivity index (χ0) is 11.0. The molecule has 2 heterocycles. The lowest BCUT2D eigenvalue weighted by atomic mass is 9.99. The van der Waals surface area contributed by atoms with Crippen LogP contribution in [0.2, 0.25) is 0 Å². The first-order valence-electron chi connectivity index (χ1n) is 5.27. The van der Waals surface area contributed by atoms with Crippen molar-refractivity contribution in [3.8, 4) is 0 Å². The molecule has 3 rings (SSSR count). The van der Waals surface area contributed by atoms with Crippen molar-refractivity contribution < 1.29 is 4.79 Å². The molecule has 1 fully saturated rings. The summed E-state index contributed by atoms with van der Waals surface area (Å²) in [5.41, 5.74) is 0.997. The Morgan fingerprint density at radius 1 is 1.12 bits per heavy atom. The third-order valence-electron chi connectivity index (χ3n) is 2.85. The Bertz CT molecular complexity index is 492. The van der Waals surface area contributed by atoms with E-state index in [9.17, 15) is 4.79 Å². The summed E-state index contributed by atoms with van der Waals surface area (Å²) in [5, 5.41) is 2.06. The Hall–Kier alpha value is -1.61. The van der Waals surface area contributed by atoms with Gasteiger partial charge < -0.3 is 4.90 Å². The first-order chi connectivity index (χ1) is 7.86. The topological polar surface area (TPSA) is 20.3 Å². The van der Waals surface area contributed by atoms with Gasteiger partial charge in [0.15, 0.2) is 0 Å². The van der Waals surface area contributed by atoms with E-state index in [4.69, 9.17) is 0 Å². The molecule has 1 atom stereocenters. The summed E-state index contributed by atoms with van der Waals surface area (Å²) >= 11 is 1.71. The standard InChI is InChI=1S/C13H11NOS/c15-13-9-11(12-7-4-8-16-12)14(13)10-5-2-1-3-6-10/h1-8,11H,9H2. The molecule has 0 bridgehead atoms. The van der Waals surface area contributed by atoms with Gasteiger partial charge in [-0.15, -0.1) is 11.3 Å². The first-order valence-corrected chi connectivity index (χ1v) is 6.15. The Morgan fingerprint density at radius 2 is 1.94 bits per heavy atom. The fourth-order valence-electron chi connectivity index (χ4n) is 2.04. The third kappa shape index (κ3) is 1.44. The maximum atomic E-state index is 11.7. The van der Waals surface area contributed by atoms with E-state index < -0.39 is 0 Å². The van der Waals surface area contributed by atoms with E-state index in [-0.39, 0.29) is 11.9 Å². The van der Waals surface area contributed by atoms with Gasteiger partial charge in [-0.2, -0.15) is 0 Å². The van der Waals surface area contributed by atoms with Crippen molar-refractivity contribution >= 4 is 22.9 Å². The monoisotopic (exact) mass is 229 g/mol. The second-order valence-corrected chi connectivity index (χ2v) is 4.81. The van der Waals surface area contributed by atoms with Gasteiger partial charge in [0.2, 0.25) is 5.91 Å². The number of β-lactam (4-membered cyclic amide) rings is 1. The van der Waals surface area contributed by atoms with Crippen LogP contribution in [-0.2, 0) is 4.79 Å². The highest BCUT2D eigenvalue weighted by atomic mass is 32.1. The van der Waals surface area contributed by atoms with Gasteiger partial charge in [0.25, 0.3) is 0 Å². The summed E-state index contributed by atoms with van der Waals surface area (Å²) in [5.74, 6) is 0.213. The molecule has 1 aliphatic rings. The Labute approximate surface area is 98.1 Å². The average Bonchev–Trinajstić information content (AvgIpc) is 2.80. The van der Waals surface area contributed by atoms with Crippen LogP contribution in [0.25, 0.3) is 0 Å². The summed E-state index contributed by atoms with van der Waals surface area (Å²) in [6.07, 6.45) is 0.634. The van der Waals surface area contributed by atoms with Crippen molar-refractivity contribution in [1.82, 2.24) is 0 Å². The lowest BCUT2D eigenvalue weighted by Crippen LogP contribution is -2.46. The lowest BCUT2D eigenvalue weighted by Gasteiger charge is -2.39. The first kappa shape index (κ1) is 9.60. The smallest absolute Gasteiger partial charge is 0.230 e. The van der Waals surface area contributed by atoms with Gasteiger partial charge >= 0.3 is 0 Å². The van der Waals surface area contributed by atoms with Gasteiger partial charge in [0, 0.05) is 10.6 Å². The molecule has 3 heteroatoms. The number of thiophene rings is 1. The zero-order valence-electron chi connectivity index (χ0n) is 8.67. The normalized spacial score (nSPS) is 19.6. The van der Waals surface area contributed by atoms with Gasteiger partial charge in [0.1, 0.15) is 0 Å². The van der Waals surface area contributed by atoms with Crippen LogP contribution < -0.4 is 4.90 Å². The van der Waals surface area contributed by atoms with Crippen LogP contribution in [0.5, 0.6) is 0 Å². The van der Waals surface area contributed by atoms with Crippen molar-refractivity contribution in [2.45, 2.75) is 12.5 Å². The predicted octanol–water partition coefficient (Wildman–Crippen LogP) is 3.23. The van der Waals surface area contributed by atoms with E-state index in [2.05, 4.69) is 11.4 Å². The molecule has 1 aromatic heterocycles. The van der Waals surface area contributed by atoms with Crippen LogP contribution in [-0.4, -0.2) is 5.91 Å². The van der Waals surface area contributed by atoms with Crippen molar-refractivity contribution in [3.05, 3.63) is 52.7 Å². The predicted molar refractivity (Wildman–Crippen MR) is 65.6 cm³/mol. The minimum atomic E-state index is 0.213. The molecule has 1 aliphatic heterocycles. The van der Waals surface area contributed by atoms with E-state index in [1.54, 1.807) is 11.3 Å². The average molecular weight is 229 g/mol. The highest BCUT2D eigenvalue weighted by Gasteiger charge is 2.38. The SMILES string of the molecule is O=C1CC(c2cccs2)N1c1ccccc1. The molecule has 1 saturated heterocycles. The maximum Gasteiger partial charge on any atom is 0.230 e. The molecular weight excluding hydrogens is 218 g/mol. The van der Waals surface area contributed by atoms with Crippen LogP contribution in [0.15, 0.2) is 47.8 Å². The molecule has 1 aromatic carbocycles. The van der Waals surface area contributed by atoms with Crippen molar-refractivity contribution in [1.29, 1.82) is 0 Å². The number of carbonyl (C=O) groups is 1. The molecule has 0 spiro atoms. The van der Waals surface area contributed by atoms with Gasteiger partial charge in [0.05, 0.1) is 12.5 Å². The molecule has 1 unspecified atom stereocenters. The molecule has 2 aromatic rings. The van der Waals surface area contributed by atoms with Crippen molar-refractivity contribution in [2.75, 3.05) is 4.90 Å². The molecule has 0 N–H and O–H groups in total. The summed E-state index contributed by atoms with van der Waals surface area (Å²) in [7, 11) is 0. The largest absolute Gasteiger partial charge is 0.304 e. The van der Waals surface area contributed by atoms with Gasteiger partial charge in [-0.25, -0.2) is 0 Å². The number of amides is 1. The number of benzene rings is 1. The summed E-state index contributed by atoms with van der Waals surface area (Å²) in [4.78, 5) is 14.8. The van der Waals surface area contributed by atoms with Gasteiger partial charge in [-0.05, 0) is 23.6 Å². The molecule has 0 saturated carbocycles. The molecule has 0 aliphatic carbocycles. The van der Waals surface area contributed by atoms with E-state index in [1.165, 1.54) is 4.88 Å². The molecule has 0 radical (unpaired) electrons. The zero-order valence-corrected chi connectivity index (χ0v) is 9.48. The maximum absolute atomic E-state index is 11.7. The van der Waals surface area contributed by atoms with E-state index >= 15 is 0 Å². The van der Waals surface area contributed by atoms with Gasteiger partial charge in [-0.1, -0.05) is 24.3 Å². The van der Waals surface area contributed by atoms with E-state index in [0.29, 0.717) is 6.42 Å². The number of anilines is 1. The lowest BCUT2D eigenvalue weighted by molar-refractivity contribution is -0.124. The summed E-state index contributed by atoms with van der Waals surface area (Å²) in [6, 6.07) is 14.2. The third-order valence-corrected chi connectivity index (χ3v) is 3.83. The van der Waals surface area contributed by atoms with Gasteiger partial charge in [-0.3, -0.25) is 4.79 Å². The van der Waals surface area contributed by atoms with Crippen molar-refractivity contribution in [2.24, 2.45) is 0 Å². The Morgan fingerprint density at radius 3 is 2.56 bits per heavy atom. The molecule has 80 valence electrons. The summed E-state index contributed by atoms with van der Waals surface area (Å²) in [6.45, 7) is 0. The van der Waals surface area contributed by atoms with Crippen LogP contribution in [0.3, 0.4) is 0 Å². The molecule has 1 amide bonds. The van der Waals surface area contributed by atoms with Crippen LogP contribution in [0, 0.1) is 0 Å². The van der Waals surface area contributed by atoms with Crippen molar-refractivity contribution in [3.63, 3.8) is 0 Å². The minimum Gasteiger partial charge on any atom is -0.304 e. The molecule has 16 heavy (non-hydrogen) atoms. The number of rotatable bonds is 2. The highest BCUT2D eigenvalue weighted by Crippen LogP contribution is 2.40. The van der Waals surface area contributed by atoms with Crippen LogP contribution in [0.1, 0.15) is 17.3 Å². The second kappa shape index (κ2) is 3.76. The molecular formula is C13H11NOS. The number of carbonyl (C=O) groups excluding carboxylic acids is 1. The fraction of sp³-hybridized carbons (Fsp3) is 0.154. The van der Waals surface area contributed by atoms with E-state index in [1.807, 2.05) is 41.3 Å². The van der Waals surface area contributed by atoms with Crippen LogP contribution >= 0.6 is 11.3 Å². The van der Waals surface area contributed by atoms with Crippen LogP contribution in [0.4, 0.5) is 5.69 Å². The molecule has 2 nitrogen and oxygen atoms in total. The second-order valence-electron chi connectivity index (χ2n) is 3.83.